The Morgan fingerprint density at radius 3 is 3.25 bits per heavy atom. The second kappa shape index (κ2) is 4.05. The number of ether oxygens (including phenoxy) is 1. The zero-order valence-electron chi connectivity index (χ0n) is 8.51. The van der Waals surface area contributed by atoms with Crippen LogP contribution in [-0.4, -0.2) is 21.4 Å². The molecule has 2 aromatic rings. The number of fused-ring (bicyclic) bond motifs is 1. The van der Waals surface area contributed by atoms with Gasteiger partial charge < -0.3 is 10.1 Å². The molecular formula is C10H10N4OS. The second-order valence-corrected chi connectivity index (χ2v) is 4.30. The summed E-state index contributed by atoms with van der Waals surface area (Å²) in [5.41, 5.74) is 2.25. The molecule has 1 aliphatic rings. The monoisotopic (exact) mass is 234 g/mol. The van der Waals surface area contributed by atoms with Crippen LogP contribution in [0.2, 0.25) is 0 Å². The van der Waals surface area contributed by atoms with Gasteiger partial charge in [0.1, 0.15) is 5.75 Å². The topological polar surface area (TPSA) is 59.9 Å². The van der Waals surface area contributed by atoms with Crippen molar-refractivity contribution in [1.29, 1.82) is 0 Å². The molecule has 0 bridgehead atoms. The molecule has 1 aromatic heterocycles. The summed E-state index contributed by atoms with van der Waals surface area (Å²) in [5, 5.41) is 11.2. The van der Waals surface area contributed by atoms with E-state index in [2.05, 4.69) is 26.2 Å². The summed E-state index contributed by atoms with van der Waals surface area (Å²) < 4.78 is 9.25. The number of benzene rings is 1. The molecule has 82 valence electrons. The molecule has 0 aliphatic carbocycles. The predicted molar refractivity (Wildman–Crippen MR) is 61.2 cm³/mol. The van der Waals surface area contributed by atoms with Crippen molar-refractivity contribution in [2.75, 3.05) is 11.9 Å². The number of nitrogens with one attached hydrogen (secondary N) is 1. The first-order valence-corrected chi connectivity index (χ1v) is 5.87. The maximum atomic E-state index is 5.55. The number of aryl methyl sites for hydroxylation is 1. The number of anilines is 2. The summed E-state index contributed by atoms with van der Waals surface area (Å²) in [6, 6.07) is 6.06. The molecule has 2 heterocycles. The fraction of sp³-hybridized carbons (Fsp3) is 0.300. The van der Waals surface area contributed by atoms with Crippen molar-refractivity contribution in [2.45, 2.75) is 12.8 Å². The van der Waals surface area contributed by atoms with Gasteiger partial charge in [-0.25, -0.2) is 0 Å². The summed E-state index contributed by atoms with van der Waals surface area (Å²) in [4.78, 5) is 0. The third kappa shape index (κ3) is 1.83. The van der Waals surface area contributed by atoms with Crippen LogP contribution in [0.15, 0.2) is 18.2 Å². The largest absolute Gasteiger partial charge is 0.493 e. The first-order chi connectivity index (χ1) is 7.92. The first-order valence-electron chi connectivity index (χ1n) is 5.09. The lowest BCUT2D eigenvalue weighted by Crippen LogP contribution is -2.08. The van der Waals surface area contributed by atoms with Crippen LogP contribution in [0.3, 0.4) is 0 Å². The lowest BCUT2D eigenvalue weighted by atomic mass is 10.1. The smallest absolute Gasteiger partial charge is 0.229 e. The fourth-order valence-corrected chi connectivity index (χ4v) is 2.13. The summed E-state index contributed by atoms with van der Waals surface area (Å²) in [6.45, 7) is 0.820. The molecule has 0 saturated heterocycles. The Kier molecular flexibility index (Phi) is 2.41. The van der Waals surface area contributed by atoms with Crippen molar-refractivity contribution < 1.29 is 4.74 Å². The van der Waals surface area contributed by atoms with Crippen LogP contribution in [0, 0.1) is 0 Å². The van der Waals surface area contributed by atoms with Crippen molar-refractivity contribution in [3.05, 3.63) is 23.8 Å². The molecule has 1 aliphatic heterocycles. The third-order valence-corrected chi connectivity index (χ3v) is 2.97. The van der Waals surface area contributed by atoms with Crippen molar-refractivity contribution in [1.82, 2.24) is 14.8 Å². The minimum atomic E-state index is 0.705. The molecule has 0 radical (unpaired) electrons. The summed E-state index contributed by atoms with van der Waals surface area (Å²) >= 11 is 1.24. The normalized spacial score (nSPS) is 14.0. The standard InChI is InChI=1S/C10H10N4OS/c1-2-7-6-8(3-4-9(7)15-5-1)11-10-12-13-14-16-10/h3-4,6H,1-2,5H2,(H,11,12,14). The van der Waals surface area contributed by atoms with Crippen molar-refractivity contribution in [3.8, 4) is 5.75 Å². The molecule has 5 nitrogen and oxygen atoms in total. The molecule has 0 fully saturated rings. The Balaban J connectivity index is 1.86. The molecule has 16 heavy (non-hydrogen) atoms. The molecule has 1 N–H and O–H groups in total. The van der Waals surface area contributed by atoms with Gasteiger partial charge in [0.25, 0.3) is 0 Å². The zero-order chi connectivity index (χ0) is 10.8. The second-order valence-electron chi connectivity index (χ2n) is 3.57. The van der Waals surface area contributed by atoms with Crippen molar-refractivity contribution >= 4 is 22.4 Å². The minimum absolute atomic E-state index is 0.705. The van der Waals surface area contributed by atoms with Crippen LogP contribution < -0.4 is 10.1 Å². The van der Waals surface area contributed by atoms with E-state index in [1.807, 2.05) is 12.1 Å². The highest BCUT2D eigenvalue weighted by molar-refractivity contribution is 7.09. The van der Waals surface area contributed by atoms with E-state index in [-0.39, 0.29) is 0 Å². The molecule has 0 saturated carbocycles. The van der Waals surface area contributed by atoms with E-state index in [1.165, 1.54) is 17.1 Å². The summed E-state index contributed by atoms with van der Waals surface area (Å²) in [5.74, 6) is 0.993. The van der Waals surface area contributed by atoms with Crippen LogP contribution >= 0.6 is 11.5 Å². The molecule has 0 spiro atoms. The van der Waals surface area contributed by atoms with E-state index >= 15 is 0 Å². The highest BCUT2D eigenvalue weighted by Gasteiger charge is 2.10. The average Bonchev–Trinajstić information content (AvgIpc) is 2.82. The Morgan fingerprint density at radius 2 is 2.38 bits per heavy atom. The molecule has 0 atom stereocenters. The Bertz CT molecular complexity index is 486. The van der Waals surface area contributed by atoms with Gasteiger partial charge in [-0.1, -0.05) is 9.59 Å². The van der Waals surface area contributed by atoms with Crippen LogP contribution in [0.5, 0.6) is 5.75 Å². The van der Waals surface area contributed by atoms with E-state index in [4.69, 9.17) is 4.74 Å². The van der Waals surface area contributed by atoms with Gasteiger partial charge in [0.15, 0.2) is 0 Å². The SMILES string of the molecule is c1cc2c(cc1Nc1nnns1)CCCO2. The molecule has 0 unspecified atom stereocenters. The molecular weight excluding hydrogens is 224 g/mol. The molecule has 0 amide bonds. The van der Waals surface area contributed by atoms with E-state index in [0.717, 1.165) is 30.9 Å². The van der Waals surface area contributed by atoms with Gasteiger partial charge in [-0.2, -0.15) is 0 Å². The van der Waals surface area contributed by atoms with Gasteiger partial charge in [-0.15, -0.1) is 0 Å². The Labute approximate surface area is 96.6 Å². The zero-order valence-corrected chi connectivity index (χ0v) is 9.33. The summed E-state index contributed by atoms with van der Waals surface area (Å²) in [7, 11) is 0. The lowest BCUT2D eigenvalue weighted by molar-refractivity contribution is 0.288. The average molecular weight is 234 g/mol. The van der Waals surface area contributed by atoms with Crippen LogP contribution in [-0.2, 0) is 6.42 Å². The van der Waals surface area contributed by atoms with E-state index in [9.17, 15) is 0 Å². The maximum Gasteiger partial charge on any atom is 0.229 e. The van der Waals surface area contributed by atoms with Gasteiger partial charge >= 0.3 is 0 Å². The Morgan fingerprint density at radius 1 is 1.38 bits per heavy atom. The highest BCUT2D eigenvalue weighted by atomic mass is 32.1. The van der Waals surface area contributed by atoms with E-state index < -0.39 is 0 Å². The number of aromatic nitrogens is 3. The molecule has 3 rings (SSSR count). The number of hydrogen-bond acceptors (Lipinski definition) is 6. The van der Waals surface area contributed by atoms with Gasteiger partial charge in [0.2, 0.25) is 5.13 Å². The highest BCUT2D eigenvalue weighted by Crippen LogP contribution is 2.28. The quantitative estimate of drug-likeness (QED) is 0.861. The van der Waals surface area contributed by atoms with Crippen molar-refractivity contribution in [2.24, 2.45) is 0 Å². The van der Waals surface area contributed by atoms with Gasteiger partial charge in [0, 0.05) is 17.2 Å². The van der Waals surface area contributed by atoms with E-state index in [0.29, 0.717) is 5.13 Å². The number of nitrogens with zero attached hydrogens (tertiary/aromatic N) is 3. The van der Waals surface area contributed by atoms with Gasteiger partial charge in [-0.05, 0) is 41.8 Å². The third-order valence-electron chi connectivity index (χ3n) is 2.46. The van der Waals surface area contributed by atoms with Gasteiger partial charge in [-0.3, -0.25) is 0 Å². The minimum Gasteiger partial charge on any atom is -0.493 e. The van der Waals surface area contributed by atoms with Crippen molar-refractivity contribution in [3.63, 3.8) is 0 Å². The maximum absolute atomic E-state index is 5.55. The lowest BCUT2D eigenvalue weighted by Gasteiger charge is -2.17. The van der Waals surface area contributed by atoms with Crippen LogP contribution in [0.4, 0.5) is 10.8 Å². The van der Waals surface area contributed by atoms with E-state index in [1.54, 1.807) is 0 Å². The first kappa shape index (κ1) is 9.53. The van der Waals surface area contributed by atoms with Crippen LogP contribution in [0.1, 0.15) is 12.0 Å². The predicted octanol–water partition coefficient (Wildman–Crippen LogP) is 2.00. The number of hydrogen-bond donors (Lipinski definition) is 1. The molecule has 1 aromatic carbocycles. The van der Waals surface area contributed by atoms with Crippen LogP contribution in [0.25, 0.3) is 0 Å². The summed E-state index contributed by atoms with van der Waals surface area (Å²) in [6.07, 6.45) is 2.15. The van der Waals surface area contributed by atoms with Gasteiger partial charge in [0.05, 0.1) is 6.61 Å². The Hall–Kier alpha value is -1.69. The fourth-order valence-electron chi connectivity index (χ4n) is 1.74. The number of rotatable bonds is 2. The molecule has 6 heteroatoms.